The molecule has 40 heavy (non-hydrogen) atoms. The number of aliphatic hydroxyl groups is 1. The Labute approximate surface area is 250 Å². The lowest BCUT2D eigenvalue weighted by molar-refractivity contribution is 0.0829. The third kappa shape index (κ3) is 10.5. The molecule has 0 fully saturated rings. The van der Waals surface area contributed by atoms with Gasteiger partial charge in [-0.05, 0) is 115 Å². The maximum Gasteiger partial charge on any atom is 0.251 e. The van der Waals surface area contributed by atoms with Gasteiger partial charge in [0.2, 0.25) is 0 Å². The molecule has 3 rings (SSSR count). The zero-order chi connectivity index (χ0) is 29.1. The van der Waals surface area contributed by atoms with E-state index in [0.717, 1.165) is 58.8 Å². The van der Waals surface area contributed by atoms with E-state index in [0.29, 0.717) is 17.7 Å². The number of hydrogen-bond donors (Lipinski definition) is 3. The van der Waals surface area contributed by atoms with Crippen LogP contribution in [0.15, 0.2) is 60.7 Å². The topological polar surface area (TPSA) is 64.6 Å². The highest BCUT2D eigenvalue weighted by atomic mass is 127. The fourth-order valence-corrected chi connectivity index (χ4v) is 5.52. The van der Waals surface area contributed by atoms with E-state index in [1.165, 1.54) is 12.1 Å². The number of carbonyl (C=O) groups is 1. The maximum atomic E-state index is 13.9. The molecule has 0 bridgehead atoms. The summed E-state index contributed by atoms with van der Waals surface area (Å²) in [6, 6.07) is 16.3. The maximum absolute atomic E-state index is 13.9. The van der Waals surface area contributed by atoms with Crippen molar-refractivity contribution in [3.05, 3.63) is 104 Å². The predicted octanol–water partition coefficient (Wildman–Crippen LogP) is 5.99. The standard InChI is InChI=1S/C32H40F2IN3O2/c1-4-9-38(10-5-2)21-25-11-22(3)12-26(13-25)32(40)37-30(17-24-14-27(33)18-28(34)15-24)31(39)20-36-19-23-7-6-8-29(35)16-23/h6-8,11-16,18,30-31,36,39H,4-5,9-10,17,19-21H2,1-3H3,(H,37,40). The van der Waals surface area contributed by atoms with E-state index in [1.54, 1.807) is 0 Å². The van der Waals surface area contributed by atoms with Gasteiger partial charge in [-0.15, -0.1) is 0 Å². The molecule has 3 aromatic rings. The van der Waals surface area contributed by atoms with Crippen molar-refractivity contribution in [2.75, 3.05) is 19.6 Å². The summed E-state index contributed by atoms with van der Waals surface area (Å²) in [7, 11) is 0. The normalized spacial score (nSPS) is 12.9. The van der Waals surface area contributed by atoms with E-state index in [1.807, 2.05) is 43.3 Å². The number of benzene rings is 3. The van der Waals surface area contributed by atoms with Gasteiger partial charge in [0.05, 0.1) is 12.1 Å². The van der Waals surface area contributed by atoms with Crippen molar-refractivity contribution in [1.29, 1.82) is 0 Å². The molecule has 0 radical (unpaired) electrons. The smallest absolute Gasteiger partial charge is 0.251 e. The van der Waals surface area contributed by atoms with Gasteiger partial charge in [-0.25, -0.2) is 8.78 Å². The predicted molar refractivity (Wildman–Crippen MR) is 165 cm³/mol. The summed E-state index contributed by atoms with van der Waals surface area (Å²) in [6.45, 7) is 9.72. The molecule has 5 nitrogen and oxygen atoms in total. The molecule has 3 aromatic carbocycles. The minimum Gasteiger partial charge on any atom is -0.390 e. The summed E-state index contributed by atoms with van der Waals surface area (Å²) in [5.41, 5.74) is 3.95. The number of nitrogens with zero attached hydrogens (tertiary/aromatic N) is 1. The van der Waals surface area contributed by atoms with E-state index in [4.69, 9.17) is 0 Å². The van der Waals surface area contributed by atoms with Crippen molar-refractivity contribution < 1.29 is 18.7 Å². The van der Waals surface area contributed by atoms with Crippen LogP contribution in [-0.4, -0.2) is 47.7 Å². The molecule has 3 N–H and O–H groups in total. The number of halogens is 3. The Kier molecular flexibility index (Phi) is 13.0. The highest BCUT2D eigenvalue weighted by Gasteiger charge is 2.23. The SMILES string of the molecule is CCCN(CCC)Cc1cc(C)cc(C(=O)NC(Cc2cc(F)cc(F)c2)C(O)CNCc2cccc(I)c2)c1. The van der Waals surface area contributed by atoms with Gasteiger partial charge < -0.3 is 15.7 Å². The molecule has 0 aliphatic heterocycles. The summed E-state index contributed by atoms with van der Waals surface area (Å²) in [5.74, 6) is -1.72. The minimum atomic E-state index is -0.994. The molecular weight excluding hydrogens is 623 g/mol. The Morgan fingerprint density at radius 2 is 1.65 bits per heavy atom. The quantitative estimate of drug-likeness (QED) is 0.175. The van der Waals surface area contributed by atoms with Gasteiger partial charge in [-0.2, -0.15) is 0 Å². The van der Waals surface area contributed by atoms with Crippen molar-refractivity contribution >= 4 is 28.5 Å². The van der Waals surface area contributed by atoms with Gasteiger partial charge in [0.1, 0.15) is 11.6 Å². The fraction of sp³-hybridized carbons (Fsp3) is 0.406. The molecule has 0 saturated carbocycles. The van der Waals surface area contributed by atoms with Crippen LogP contribution in [0.5, 0.6) is 0 Å². The molecule has 1 amide bonds. The van der Waals surface area contributed by atoms with E-state index in [2.05, 4.69) is 58.0 Å². The first-order chi connectivity index (χ1) is 19.2. The fourth-order valence-electron chi connectivity index (χ4n) is 4.92. The van der Waals surface area contributed by atoms with E-state index < -0.39 is 23.8 Å². The number of carbonyl (C=O) groups excluding carboxylic acids is 1. The highest BCUT2D eigenvalue weighted by molar-refractivity contribution is 14.1. The van der Waals surface area contributed by atoms with Crippen LogP contribution in [0.3, 0.4) is 0 Å². The van der Waals surface area contributed by atoms with Crippen LogP contribution in [0.4, 0.5) is 8.78 Å². The number of aliphatic hydroxyl groups excluding tert-OH is 1. The van der Waals surface area contributed by atoms with Crippen molar-refractivity contribution in [1.82, 2.24) is 15.5 Å². The first kappa shape index (κ1) is 32.1. The third-order valence-electron chi connectivity index (χ3n) is 6.62. The minimum absolute atomic E-state index is 0.0754. The largest absolute Gasteiger partial charge is 0.390 e. The van der Waals surface area contributed by atoms with Gasteiger partial charge in [0, 0.05) is 34.8 Å². The molecular formula is C32H40F2IN3O2. The van der Waals surface area contributed by atoms with Crippen molar-refractivity contribution in [3.8, 4) is 0 Å². The van der Waals surface area contributed by atoms with Crippen LogP contribution in [0.25, 0.3) is 0 Å². The number of aryl methyl sites for hydroxylation is 1. The Bertz CT molecular complexity index is 1230. The molecule has 216 valence electrons. The zero-order valence-electron chi connectivity index (χ0n) is 23.5. The lowest BCUT2D eigenvalue weighted by Crippen LogP contribution is -2.48. The first-order valence-corrected chi connectivity index (χ1v) is 15.0. The van der Waals surface area contributed by atoms with Crippen molar-refractivity contribution in [2.24, 2.45) is 0 Å². The summed E-state index contributed by atoms with van der Waals surface area (Å²) in [5, 5.41) is 17.3. The second-order valence-corrected chi connectivity index (χ2v) is 11.6. The third-order valence-corrected chi connectivity index (χ3v) is 7.29. The molecule has 0 aromatic heterocycles. The Balaban J connectivity index is 1.77. The molecule has 0 heterocycles. The van der Waals surface area contributed by atoms with Crippen LogP contribution in [-0.2, 0) is 19.5 Å². The summed E-state index contributed by atoms with van der Waals surface area (Å²) >= 11 is 2.25. The lowest BCUT2D eigenvalue weighted by Gasteiger charge is -2.25. The van der Waals surface area contributed by atoms with Gasteiger partial charge in [0.25, 0.3) is 5.91 Å². The van der Waals surface area contributed by atoms with Gasteiger partial charge in [0.15, 0.2) is 0 Å². The van der Waals surface area contributed by atoms with Crippen molar-refractivity contribution in [3.63, 3.8) is 0 Å². The van der Waals surface area contributed by atoms with Crippen LogP contribution < -0.4 is 10.6 Å². The number of rotatable bonds is 15. The number of nitrogens with one attached hydrogen (secondary N) is 2. The van der Waals surface area contributed by atoms with E-state index in [-0.39, 0.29) is 18.9 Å². The van der Waals surface area contributed by atoms with Gasteiger partial charge in [-0.3, -0.25) is 9.69 Å². The number of hydrogen-bond acceptors (Lipinski definition) is 4. The molecule has 0 aliphatic rings. The Hall–Kier alpha value is -2.40. The van der Waals surface area contributed by atoms with Crippen LogP contribution >= 0.6 is 22.6 Å². The summed E-state index contributed by atoms with van der Waals surface area (Å²) in [4.78, 5) is 15.8. The van der Waals surface area contributed by atoms with Crippen LogP contribution in [0.1, 0.15) is 59.3 Å². The Morgan fingerprint density at radius 1 is 0.950 bits per heavy atom. The average molecular weight is 664 g/mol. The molecule has 2 atom stereocenters. The molecule has 0 spiro atoms. The van der Waals surface area contributed by atoms with Crippen LogP contribution in [0.2, 0.25) is 0 Å². The van der Waals surface area contributed by atoms with E-state index >= 15 is 0 Å². The zero-order valence-corrected chi connectivity index (χ0v) is 25.7. The van der Waals surface area contributed by atoms with Crippen molar-refractivity contribution in [2.45, 2.75) is 65.3 Å². The molecule has 0 saturated heterocycles. The molecule has 0 aliphatic carbocycles. The summed E-state index contributed by atoms with van der Waals surface area (Å²) in [6.07, 6.45) is 1.19. The second kappa shape index (κ2) is 16.1. The lowest BCUT2D eigenvalue weighted by atomic mass is 9.99. The van der Waals surface area contributed by atoms with Crippen LogP contribution in [0, 0.1) is 22.1 Å². The molecule has 2 unspecified atom stereocenters. The molecule has 8 heteroatoms. The van der Waals surface area contributed by atoms with Gasteiger partial charge >= 0.3 is 0 Å². The van der Waals surface area contributed by atoms with E-state index in [9.17, 15) is 18.7 Å². The van der Waals surface area contributed by atoms with Gasteiger partial charge in [-0.1, -0.05) is 37.6 Å². The summed E-state index contributed by atoms with van der Waals surface area (Å²) < 4.78 is 29.0. The number of amides is 1. The highest BCUT2D eigenvalue weighted by Crippen LogP contribution is 2.16. The average Bonchev–Trinajstić information content (AvgIpc) is 2.87. The Morgan fingerprint density at radius 3 is 2.30 bits per heavy atom. The monoisotopic (exact) mass is 663 g/mol. The first-order valence-electron chi connectivity index (χ1n) is 13.9. The second-order valence-electron chi connectivity index (χ2n) is 10.4.